The zero-order valence-corrected chi connectivity index (χ0v) is 10.9. The molecule has 1 aliphatic heterocycles. The highest BCUT2D eigenvalue weighted by molar-refractivity contribution is 5.76. The van der Waals surface area contributed by atoms with Crippen LogP contribution in [0, 0.1) is 0 Å². The predicted molar refractivity (Wildman–Crippen MR) is 72.2 cm³/mol. The number of amides is 2. The van der Waals surface area contributed by atoms with Gasteiger partial charge in [-0.25, -0.2) is 4.79 Å². The minimum Gasteiger partial charge on any atom is -0.491 e. The number of carbonyl (C=O) groups is 1. The van der Waals surface area contributed by atoms with Crippen LogP contribution in [0.25, 0.3) is 0 Å². The van der Waals surface area contributed by atoms with Gasteiger partial charge < -0.3 is 20.7 Å². The summed E-state index contributed by atoms with van der Waals surface area (Å²) in [5.41, 5.74) is 8.49. The second-order valence-corrected chi connectivity index (χ2v) is 5.04. The zero-order valence-electron chi connectivity index (χ0n) is 10.9. The summed E-state index contributed by atoms with van der Waals surface area (Å²) in [5.74, 6) is 0.921. The summed E-state index contributed by atoms with van der Waals surface area (Å²) in [6.45, 7) is 2.65. The van der Waals surface area contributed by atoms with E-state index in [2.05, 4.69) is 11.4 Å². The number of carbonyl (C=O) groups excluding carboxylic acids is 1. The fraction of sp³-hybridized carbons (Fsp3) is 0.500. The van der Waals surface area contributed by atoms with Crippen molar-refractivity contribution in [2.24, 2.45) is 5.73 Å². The van der Waals surface area contributed by atoms with Gasteiger partial charge in [0.15, 0.2) is 0 Å². The Morgan fingerprint density at radius 2 is 2.37 bits per heavy atom. The second-order valence-electron chi connectivity index (χ2n) is 5.04. The Morgan fingerprint density at radius 1 is 1.47 bits per heavy atom. The summed E-state index contributed by atoms with van der Waals surface area (Å²) in [7, 11) is 0. The minimum atomic E-state index is 0.00362. The standard InChI is InChI=1S/C14H19N3O2/c15-12-5-4-11-10(12)2-1-3-13(11)19-9-8-17-7-6-16-14(17)18/h1-3,12H,4-9,15H2,(H,16,18). The number of ether oxygens (including phenoxy) is 1. The molecule has 5 nitrogen and oxygen atoms in total. The molecule has 102 valence electrons. The highest BCUT2D eigenvalue weighted by Crippen LogP contribution is 2.35. The average Bonchev–Trinajstić information content (AvgIpc) is 2.98. The number of hydrogen-bond donors (Lipinski definition) is 2. The summed E-state index contributed by atoms with van der Waals surface area (Å²) < 4.78 is 5.83. The Hall–Kier alpha value is -1.75. The Labute approximate surface area is 112 Å². The van der Waals surface area contributed by atoms with Crippen molar-refractivity contribution in [1.29, 1.82) is 0 Å². The summed E-state index contributed by atoms with van der Waals surface area (Å²) in [6.07, 6.45) is 1.97. The van der Waals surface area contributed by atoms with E-state index >= 15 is 0 Å². The highest BCUT2D eigenvalue weighted by Gasteiger charge is 2.23. The molecule has 1 fully saturated rings. The molecule has 1 aliphatic carbocycles. The van der Waals surface area contributed by atoms with Crippen molar-refractivity contribution >= 4 is 6.03 Å². The van der Waals surface area contributed by atoms with E-state index in [1.54, 1.807) is 4.90 Å². The van der Waals surface area contributed by atoms with Gasteiger partial charge in [0.05, 0.1) is 6.54 Å². The monoisotopic (exact) mass is 261 g/mol. The lowest BCUT2D eigenvalue weighted by Gasteiger charge is -2.16. The van der Waals surface area contributed by atoms with E-state index < -0.39 is 0 Å². The van der Waals surface area contributed by atoms with Gasteiger partial charge in [-0.1, -0.05) is 12.1 Å². The number of rotatable bonds is 4. The molecular weight excluding hydrogens is 242 g/mol. The molecule has 1 unspecified atom stereocenters. The fourth-order valence-electron chi connectivity index (χ4n) is 2.78. The minimum absolute atomic E-state index is 0.00362. The summed E-state index contributed by atoms with van der Waals surface area (Å²) in [5, 5.41) is 2.78. The van der Waals surface area contributed by atoms with Crippen LogP contribution in [-0.4, -0.2) is 37.2 Å². The molecule has 2 amide bonds. The van der Waals surface area contributed by atoms with Crippen molar-refractivity contribution in [3.05, 3.63) is 29.3 Å². The van der Waals surface area contributed by atoms with Gasteiger partial charge in [0, 0.05) is 19.1 Å². The summed E-state index contributed by atoms with van der Waals surface area (Å²) in [4.78, 5) is 13.2. The van der Waals surface area contributed by atoms with Crippen LogP contribution in [0.5, 0.6) is 5.75 Å². The Bertz CT molecular complexity index is 490. The molecule has 0 aromatic heterocycles. The van der Waals surface area contributed by atoms with Gasteiger partial charge in [0.1, 0.15) is 12.4 Å². The molecule has 2 aliphatic rings. The first-order chi connectivity index (χ1) is 9.25. The van der Waals surface area contributed by atoms with E-state index in [1.165, 1.54) is 11.1 Å². The van der Waals surface area contributed by atoms with Crippen LogP contribution in [0.1, 0.15) is 23.6 Å². The van der Waals surface area contributed by atoms with Gasteiger partial charge in [-0.05, 0) is 30.0 Å². The van der Waals surface area contributed by atoms with Gasteiger partial charge in [-0.2, -0.15) is 0 Å². The van der Waals surface area contributed by atoms with Crippen molar-refractivity contribution in [3.8, 4) is 5.75 Å². The van der Waals surface area contributed by atoms with Crippen molar-refractivity contribution in [2.45, 2.75) is 18.9 Å². The van der Waals surface area contributed by atoms with Crippen LogP contribution in [0.15, 0.2) is 18.2 Å². The molecule has 0 bridgehead atoms. The van der Waals surface area contributed by atoms with Gasteiger partial charge in [-0.3, -0.25) is 0 Å². The maximum atomic E-state index is 11.4. The largest absolute Gasteiger partial charge is 0.491 e. The predicted octanol–water partition coefficient (Wildman–Crippen LogP) is 1.04. The number of fused-ring (bicyclic) bond motifs is 1. The zero-order chi connectivity index (χ0) is 13.2. The quantitative estimate of drug-likeness (QED) is 0.851. The number of nitrogens with zero attached hydrogens (tertiary/aromatic N) is 1. The van der Waals surface area contributed by atoms with Crippen molar-refractivity contribution in [1.82, 2.24) is 10.2 Å². The molecule has 0 saturated carbocycles. The number of urea groups is 1. The third kappa shape index (κ3) is 2.38. The van der Waals surface area contributed by atoms with E-state index in [1.807, 2.05) is 12.1 Å². The van der Waals surface area contributed by atoms with E-state index in [-0.39, 0.29) is 12.1 Å². The van der Waals surface area contributed by atoms with E-state index in [0.29, 0.717) is 13.2 Å². The lowest BCUT2D eigenvalue weighted by Crippen LogP contribution is -2.31. The normalized spacial score (nSPS) is 21.4. The molecule has 19 heavy (non-hydrogen) atoms. The molecular formula is C14H19N3O2. The lowest BCUT2D eigenvalue weighted by molar-refractivity contribution is 0.202. The molecule has 3 N–H and O–H groups in total. The Balaban J connectivity index is 1.60. The number of nitrogens with one attached hydrogen (secondary N) is 1. The maximum absolute atomic E-state index is 11.4. The van der Waals surface area contributed by atoms with Crippen LogP contribution in [0.4, 0.5) is 4.79 Å². The molecule has 5 heteroatoms. The molecule has 0 spiro atoms. The van der Waals surface area contributed by atoms with Gasteiger partial charge in [-0.15, -0.1) is 0 Å². The first kappa shape index (κ1) is 12.3. The SMILES string of the molecule is NC1CCc2c(OCCN3CCNC3=O)cccc21. The molecule has 1 saturated heterocycles. The number of nitrogens with two attached hydrogens (primary N) is 1. The van der Waals surface area contributed by atoms with E-state index in [0.717, 1.165) is 31.7 Å². The van der Waals surface area contributed by atoms with Crippen molar-refractivity contribution in [3.63, 3.8) is 0 Å². The Kier molecular flexibility index (Phi) is 3.29. The molecule has 3 rings (SSSR count). The van der Waals surface area contributed by atoms with Gasteiger partial charge in [0.25, 0.3) is 0 Å². The van der Waals surface area contributed by atoms with Gasteiger partial charge >= 0.3 is 6.03 Å². The molecule has 1 atom stereocenters. The maximum Gasteiger partial charge on any atom is 0.317 e. The van der Waals surface area contributed by atoms with Crippen LogP contribution < -0.4 is 15.8 Å². The van der Waals surface area contributed by atoms with Crippen molar-refractivity contribution in [2.75, 3.05) is 26.2 Å². The van der Waals surface area contributed by atoms with Crippen LogP contribution in [0.2, 0.25) is 0 Å². The molecule has 1 heterocycles. The van der Waals surface area contributed by atoms with Crippen LogP contribution in [-0.2, 0) is 6.42 Å². The molecule has 1 aromatic rings. The topological polar surface area (TPSA) is 67.6 Å². The summed E-state index contributed by atoms with van der Waals surface area (Å²) in [6, 6.07) is 6.20. The average molecular weight is 261 g/mol. The smallest absolute Gasteiger partial charge is 0.317 e. The number of hydrogen-bond acceptors (Lipinski definition) is 3. The van der Waals surface area contributed by atoms with Gasteiger partial charge in [0.2, 0.25) is 0 Å². The molecule has 1 aromatic carbocycles. The fourth-order valence-corrected chi connectivity index (χ4v) is 2.78. The first-order valence-electron chi connectivity index (χ1n) is 6.78. The first-order valence-corrected chi connectivity index (χ1v) is 6.78. The lowest BCUT2D eigenvalue weighted by atomic mass is 10.1. The van der Waals surface area contributed by atoms with Crippen LogP contribution in [0.3, 0.4) is 0 Å². The molecule has 0 radical (unpaired) electrons. The van der Waals surface area contributed by atoms with E-state index in [4.69, 9.17) is 10.5 Å². The number of benzene rings is 1. The highest BCUT2D eigenvalue weighted by atomic mass is 16.5. The van der Waals surface area contributed by atoms with Crippen molar-refractivity contribution < 1.29 is 9.53 Å². The third-order valence-corrected chi connectivity index (χ3v) is 3.84. The second kappa shape index (κ2) is 5.09. The summed E-state index contributed by atoms with van der Waals surface area (Å²) >= 11 is 0. The van der Waals surface area contributed by atoms with Crippen LogP contribution >= 0.6 is 0 Å². The van der Waals surface area contributed by atoms with E-state index in [9.17, 15) is 4.79 Å². The third-order valence-electron chi connectivity index (χ3n) is 3.84. The Morgan fingerprint density at radius 3 is 3.16 bits per heavy atom.